The highest BCUT2D eigenvalue weighted by Crippen LogP contribution is 2.43. The molecule has 0 heteroatoms. The minimum absolute atomic E-state index is 0.00724. The minimum Gasteiger partial charge on any atom is -0.102 e. The lowest BCUT2D eigenvalue weighted by atomic mass is 9.69. The van der Waals surface area contributed by atoms with Gasteiger partial charge in [-0.05, 0) is 36.0 Å². The third kappa shape index (κ3) is 2.16. The van der Waals surface area contributed by atoms with E-state index in [2.05, 4.69) is 39.0 Å². The van der Waals surface area contributed by atoms with E-state index in [0.717, 1.165) is 30.4 Å². The Kier molecular flexibility index (Phi) is 3.89. The van der Waals surface area contributed by atoms with Gasteiger partial charge >= 0.3 is 0 Å². The standard InChI is InChI=1S/C16H20/c1-6-13(4)15-9-11-16(8-3,12-10-15)14(5)7-2/h6-9H,1-5,10-12H2. The van der Waals surface area contributed by atoms with E-state index in [4.69, 9.17) is 0 Å². The lowest BCUT2D eigenvalue weighted by molar-refractivity contribution is 0.420. The van der Waals surface area contributed by atoms with Crippen LogP contribution in [0.3, 0.4) is 0 Å². The van der Waals surface area contributed by atoms with Crippen molar-refractivity contribution in [1.82, 2.24) is 0 Å². The van der Waals surface area contributed by atoms with E-state index in [-0.39, 0.29) is 5.41 Å². The van der Waals surface area contributed by atoms with Gasteiger partial charge in [-0.3, -0.25) is 0 Å². The van der Waals surface area contributed by atoms with Crippen molar-refractivity contribution in [3.8, 4) is 0 Å². The summed E-state index contributed by atoms with van der Waals surface area (Å²) in [6, 6.07) is 0. The van der Waals surface area contributed by atoms with Gasteiger partial charge in [-0.25, -0.2) is 0 Å². The second kappa shape index (κ2) is 4.98. The normalized spacial score (nSPS) is 24.1. The van der Waals surface area contributed by atoms with Crippen molar-refractivity contribution < 1.29 is 0 Å². The molecular formula is C16H20. The van der Waals surface area contributed by atoms with Gasteiger partial charge in [-0.15, -0.1) is 6.58 Å². The predicted molar refractivity (Wildman–Crippen MR) is 73.2 cm³/mol. The zero-order valence-electron chi connectivity index (χ0n) is 9.97. The Balaban J connectivity index is 2.93. The highest BCUT2D eigenvalue weighted by molar-refractivity contribution is 5.41. The van der Waals surface area contributed by atoms with Gasteiger partial charge in [0, 0.05) is 5.41 Å². The zero-order chi connectivity index (χ0) is 12.2. The molecule has 0 aromatic rings. The topological polar surface area (TPSA) is 0 Å². The van der Waals surface area contributed by atoms with E-state index in [0.29, 0.717) is 0 Å². The second-order valence-corrected chi connectivity index (χ2v) is 4.25. The molecule has 0 aromatic heterocycles. The molecule has 1 aliphatic carbocycles. The van der Waals surface area contributed by atoms with Gasteiger partial charge in [0.1, 0.15) is 0 Å². The molecule has 0 N–H and O–H groups in total. The van der Waals surface area contributed by atoms with Crippen LogP contribution in [0.1, 0.15) is 19.3 Å². The van der Waals surface area contributed by atoms with Crippen LogP contribution in [0.4, 0.5) is 0 Å². The molecule has 1 unspecified atom stereocenters. The Labute approximate surface area is 99.1 Å². The molecule has 1 aliphatic rings. The molecule has 0 saturated heterocycles. The van der Waals surface area contributed by atoms with Crippen LogP contribution in [0.25, 0.3) is 0 Å². The van der Waals surface area contributed by atoms with Gasteiger partial charge in [0.15, 0.2) is 0 Å². The van der Waals surface area contributed by atoms with Crippen LogP contribution in [0.2, 0.25) is 0 Å². The van der Waals surface area contributed by atoms with E-state index in [1.165, 1.54) is 5.57 Å². The van der Waals surface area contributed by atoms with E-state index in [1.807, 2.05) is 18.2 Å². The summed E-state index contributed by atoms with van der Waals surface area (Å²) >= 11 is 0. The lowest BCUT2D eigenvalue weighted by Gasteiger charge is -2.34. The quantitative estimate of drug-likeness (QED) is 0.455. The van der Waals surface area contributed by atoms with Gasteiger partial charge < -0.3 is 0 Å². The van der Waals surface area contributed by atoms with E-state index < -0.39 is 0 Å². The van der Waals surface area contributed by atoms with Crippen LogP contribution in [0.15, 0.2) is 73.9 Å². The Hall–Kier alpha value is -1.56. The number of allylic oxidation sites excluding steroid dienone is 7. The fourth-order valence-corrected chi connectivity index (χ4v) is 2.10. The molecule has 1 atom stereocenters. The van der Waals surface area contributed by atoms with Crippen LogP contribution in [0.5, 0.6) is 0 Å². The summed E-state index contributed by atoms with van der Waals surface area (Å²) in [5.41, 5.74) is 3.38. The van der Waals surface area contributed by atoms with Gasteiger partial charge in [-0.2, -0.15) is 0 Å². The van der Waals surface area contributed by atoms with Crippen LogP contribution in [0, 0.1) is 5.41 Å². The van der Waals surface area contributed by atoms with Gasteiger partial charge in [0.2, 0.25) is 0 Å². The van der Waals surface area contributed by atoms with Gasteiger partial charge in [0.25, 0.3) is 0 Å². The Morgan fingerprint density at radius 2 is 1.88 bits per heavy atom. The van der Waals surface area contributed by atoms with E-state index in [1.54, 1.807) is 0 Å². The highest BCUT2D eigenvalue weighted by Gasteiger charge is 2.30. The fourth-order valence-electron chi connectivity index (χ4n) is 2.10. The van der Waals surface area contributed by atoms with Gasteiger partial charge in [-0.1, -0.05) is 50.6 Å². The first-order valence-electron chi connectivity index (χ1n) is 5.56. The highest BCUT2D eigenvalue weighted by atomic mass is 14.3. The van der Waals surface area contributed by atoms with E-state index >= 15 is 0 Å². The summed E-state index contributed by atoms with van der Waals surface area (Å²) in [6.45, 7) is 19.5. The minimum atomic E-state index is -0.00724. The monoisotopic (exact) mass is 212 g/mol. The molecule has 0 amide bonds. The van der Waals surface area contributed by atoms with Crippen molar-refractivity contribution in [1.29, 1.82) is 0 Å². The summed E-state index contributed by atoms with van der Waals surface area (Å²) in [7, 11) is 0. The summed E-state index contributed by atoms with van der Waals surface area (Å²) in [5, 5.41) is 0. The average molecular weight is 212 g/mol. The average Bonchev–Trinajstić information content (AvgIpc) is 2.36. The maximum absolute atomic E-state index is 4.07. The molecule has 0 saturated carbocycles. The Bertz CT molecular complexity index is 379. The first kappa shape index (κ1) is 12.5. The largest absolute Gasteiger partial charge is 0.102 e. The van der Waals surface area contributed by atoms with Crippen molar-refractivity contribution in [3.63, 3.8) is 0 Å². The van der Waals surface area contributed by atoms with Crippen LogP contribution >= 0.6 is 0 Å². The molecule has 0 fully saturated rings. The number of hydrogen-bond donors (Lipinski definition) is 0. The van der Waals surface area contributed by atoms with Crippen molar-refractivity contribution in [2.24, 2.45) is 5.41 Å². The lowest BCUT2D eigenvalue weighted by Crippen LogP contribution is -2.22. The summed E-state index contributed by atoms with van der Waals surface area (Å²) in [6.07, 6.45) is 10.8. The molecule has 0 heterocycles. The fraction of sp³-hybridized carbons (Fsp3) is 0.250. The van der Waals surface area contributed by atoms with Crippen LogP contribution in [-0.4, -0.2) is 0 Å². The molecule has 0 bridgehead atoms. The third-order valence-electron chi connectivity index (χ3n) is 3.49. The summed E-state index contributed by atoms with van der Waals surface area (Å²) < 4.78 is 0. The van der Waals surface area contributed by atoms with Crippen molar-refractivity contribution >= 4 is 0 Å². The molecule has 0 radical (unpaired) electrons. The molecule has 84 valence electrons. The molecule has 0 aliphatic heterocycles. The summed E-state index contributed by atoms with van der Waals surface area (Å²) in [5.74, 6) is 0. The number of hydrogen-bond acceptors (Lipinski definition) is 0. The van der Waals surface area contributed by atoms with Gasteiger partial charge in [0.05, 0.1) is 0 Å². The molecule has 0 nitrogen and oxygen atoms in total. The Morgan fingerprint density at radius 3 is 2.25 bits per heavy atom. The SMILES string of the molecule is C=CC(=C)C1=CCC(C=C)(C(=C)C=C)CC1. The number of rotatable bonds is 5. The molecular weight excluding hydrogens is 192 g/mol. The smallest absolute Gasteiger partial charge is 0.0161 e. The second-order valence-electron chi connectivity index (χ2n) is 4.25. The molecule has 0 aromatic carbocycles. The maximum atomic E-state index is 4.07. The van der Waals surface area contributed by atoms with Crippen molar-refractivity contribution in [2.75, 3.05) is 0 Å². The molecule has 1 rings (SSSR count). The maximum Gasteiger partial charge on any atom is 0.0161 e. The van der Waals surface area contributed by atoms with Crippen molar-refractivity contribution in [3.05, 3.63) is 73.9 Å². The van der Waals surface area contributed by atoms with Crippen molar-refractivity contribution in [2.45, 2.75) is 19.3 Å². The van der Waals surface area contributed by atoms with E-state index in [9.17, 15) is 0 Å². The molecule has 16 heavy (non-hydrogen) atoms. The first-order chi connectivity index (χ1) is 7.59. The zero-order valence-corrected chi connectivity index (χ0v) is 9.97. The van der Waals surface area contributed by atoms with Crippen LogP contribution < -0.4 is 0 Å². The Morgan fingerprint density at radius 1 is 1.19 bits per heavy atom. The van der Waals surface area contributed by atoms with Crippen LogP contribution in [-0.2, 0) is 0 Å². The summed E-state index contributed by atoms with van der Waals surface area (Å²) in [4.78, 5) is 0. The molecule has 0 spiro atoms. The third-order valence-corrected chi connectivity index (χ3v) is 3.49. The first-order valence-corrected chi connectivity index (χ1v) is 5.56. The predicted octanol–water partition coefficient (Wildman–Crippen LogP) is 4.75.